The van der Waals surface area contributed by atoms with Gasteiger partial charge in [-0.15, -0.1) is 0 Å². The summed E-state index contributed by atoms with van der Waals surface area (Å²) in [4.78, 5) is 14.1. The van der Waals surface area contributed by atoms with Crippen LogP contribution in [0, 0.1) is 0 Å². The van der Waals surface area contributed by atoms with Gasteiger partial charge in [0.15, 0.2) is 0 Å². The van der Waals surface area contributed by atoms with Crippen molar-refractivity contribution in [2.75, 3.05) is 13.1 Å². The van der Waals surface area contributed by atoms with Gasteiger partial charge in [-0.2, -0.15) is 0 Å². The Morgan fingerprint density at radius 1 is 1.16 bits per heavy atom. The van der Waals surface area contributed by atoms with E-state index in [1.165, 1.54) is 0 Å². The van der Waals surface area contributed by atoms with Gasteiger partial charge >= 0.3 is 6.09 Å². The molecule has 0 aliphatic carbocycles. The lowest BCUT2D eigenvalue weighted by molar-refractivity contribution is -0.0570. The van der Waals surface area contributed by atoms with E-state index in [1.54, 1.807) is 4.90 Å². The van der Waals surface area contributed by atoms with Gasteiger partial charge < -0.3 is 24.2 Å². The number of benzene rings is 2. The highest BCUT2D eigenvalue weighted by atomic mass is 16.6. The minimum atomic E-state index is -0.597. The molecule has 0 radical (unpaired) electrons. The van der Waals surface area contributed by atoms with Crippen LogP contribution in [0.1, 0.15) is 57.3 Å². The Morgan fingerprint density at radius 2 is 1.87 bits per heavy atom. The second-order valence-corrected chi connectivity index (χ2v) is 9.45. The van der Waals surface area contributed by atoms with Gasteiger partial charge in [0.25, 0.3) is 0 Å². The second-order valence-electron chi connectivity index (χ2n) is 9.45. The quantitative estimate of drug-likeness (QED) is 0.761. The summed E-state index contributed by atoms with van der Waals surface area (Å²) in [7, 11) is 0. The number of aliphatic hydroxyl groups is 1. The van der Waals surface area contributed by atoms with E-state index in [1.807, 2.05) is 69.3 Å². The van der Waals surface area contributed by atoms with Crippen molar-refractivity contribution in [1.82, 2.24) is 4.90 Å². The average Bonchev–Trinajstić information content (AvgIpc) is 2.72. The Hall–Kier alpha value is -2.73. The molecule has 6 nitrogen and oxygen atoms in total. The molecule has 0 bridgehead atoms. The zero-order chi connectivity index (χ0) is 22.1. The van der Waals surface area contributed by atoms with Gasteiger partial charge in [-0.3, -0.25) is 0 Å². The molecule has 0 unspecified atom stereocenters. The van der Waals surface area contributed by atoms with Crippen LogP contribution in [-0.4, -0.2) is 40.4 Å². The topological polar surface area (TPSA) is 68.2 Å². The molecular weight excluding hydrogens is 394 g/mol. The predicted octanol–water partition coefficient (Wildman–Crippen LogP) is 4.85. The molecule has 1 atom stereocenters. The number of fused-ring (bicyclic) bond motifs is 1. The van der Waals surface area contributed by atoms with Crippen molar-refractivity contribution in [3.63, 3.8) is 0 Å². The first-order valence-corrected chi connectivity index (χ1v) is 10.9. The number of hydrogen-bond donors (Lipinski definition) is 1. The minimum absolute atomic E-state index is 0.296. The van der Waals surface area contributed by atoms with Crippen molar-refractivity contribution in [3.8, 4) is 11.5 Å². The van der Waals surface area contributed by atoms with Crippen molar-refractivity contribution in [2.45, 2.75) is 63.9 Å². The molecular formula is C25H31NO5. The summed E-state index contributed by atoms with van der Waals surface area (Å²) in [6, 6.07) is 15.6. The number of rotatable bonds is 3. The van der Waals surface area contributed by atoms with E-state index >= 15 is 0 Å². The Morgan fingerprint density at radius 3 is 2.55 bits per heavy atom. The molecule has 2 aliphatic heterocycles. The van der Waals surface area contributed by atoms with Gasteiger partial charge in [0.2, 0.25) is 0 Å². The highest BCUT2D eigenvalue weighted by molar-refractivity contribution is 5.68. The van der Waals surface area contributed by atoms with Crippen LogP contribution in [0.2, 0.25) is 0 Å². The lowest BCUT2D eigenvalue weighted by Gasteiger charge is -2.45. The highest BCUT2D eigenvalue weighted by Crippen LogP contribution is 2.45. The zero-order valence-corrected chi connectivity index (χ0v) is 18.5. The molecule has 2 heterocycles. The molecule has 0 saturated carbocycles. The van der Waals surface area contributed by atoms with Gasteiger partial charge in [-0.25, -0.2) is 4.79 Å². The summed E-state index contributed by atoms with van der Waals surface area (Å²) in [5.74, 6) is 1.37. The number of ether oxygens (including phenoxy) is 3. The fourth-order valence-corrected chi connectivity index (χ4v) is 4.18. The molecule has 2 aromatic rings. The Kier molecular flexibility index (Phi) is 5.84. The number of likely N-dealkylation sites (tertiary alicyclic amines) is 1. The van der Waals surface area contributed by atoms with Crippen LogP contribution in [0.3, 0.4) is 0 Å². The van der Waals surface area contributed by atoms with E-state index in [0.29, 0.717) is 50.5 Å². The van der Waals surface area contributed by atoms with Crippen LogP contribution >= 0.6 is 0 Å². The Labute approximate surface area is 183 Å². The molecule has 0 aromatic heterocycles. The van der Waals surface area contributed by atoms with E-state index in [-0.39, 0.29) is 6.09 Å². The van der Waals surface area contributed by atoms with Crippen molar-refractivity contribution < 1.29 is 24.1 Å². The number of carbonyl (C=O) groups excluding carboxylic acids is 1. The largest absolute Gasteiger partial charge is 0.489 e. The molecule has 2 aromatic carbocycles. The molecule has 6 heteroatoms. The van der Waals surface area contributed by atoms with Crippen molar-refractivity contribution in [3.05, 3.63) is 59.7 Å². The molecule has 2 aliphatic rings. The van der Waals surface area contributed by atoms with Crippen molar-refractivity contribution >= 4 is 6.09 Å². The molecule has 4 rings (SSSR count). The smallest absolute Gasteiger partial charge is 0.410 e. The van der Waals surface area contributed by atoms with Gasteiger partial charge in [-0.1, -0.05) is 30.3 Å². The van der Waals surface area contributed by atoms with Gasteiger partial charge in [0.05, 0.1) is 6.10 Å². The van der Waals surface area contributed by atoms with Crippen LogP contribution in [0.25, 0.3) is 0 Å². The molecule has 31 heavy (non-hydrogen) atoms. The summed E-state index contributed by atoms with van der Waals surface area (Å²) in [6.45, 7) is 7.16. The zero-order valence-electron chi connectivity index (χ0n) is 18.5. The molecule has 1 fully saturated rings. The maximum Gasteiger partial charge on any atom is 0.410 e. The molecule has 166 valence electrons. The number of piperidine rings is 1. The van der Waals surface area contributed by atoms with Crippen LogP contribution in [0.5, 0.6) is 11.5 Å². The standard InChI is InChI=1S/C25H31NO5/c1-24(2,3)31-23(28)26-13-11-25(12-14-26)16-21(27)20-10-9-19(15-22(20)30-25)29-17-18-7-5-4-6-8-18/h4-10,15,21,27H,11-14,16-17H2,1-3H3/t21-/m1/s1. The van der Waals surface area contributed by atoms with Crippen molar-refractivity contribution in [2.24, 2.45) is 0 Å². The summed E-state index contributed by atoms with van der Waals surface area (Å²) in [6.07, 6.45) is 0.929. The highest BCUT2D eigenvalue weighted by Gasteiger charge is 2.44. The average molecular weight is 426 g/mol. The maximum absolute atomic E-state index is 12.4. The lowest BCUT2D eigenvalue weighted by atomic mass is 9.81. The SMILES string of the molecule is CC(C)(C)OC(=O)N1CCC2(CC1)C[C@@H](O)c1ccc(OCc3ccccc3)cc1O2. The second kappa shape index (κ2) is 8.42. The molecule has 1 amide bonds. The summed E-state index contributed by atoms with van der Waals surface area (Å²) < 4.78 is 17.9. The number of carbonyl (C=O) groups is 1. The van der Waals surface area contributed by atoms with Crippen molar-refractivity contribution in [1.29, 1.82) is 0 Å². The lowest BCUT2D eigenvalue weighted by Crippen LogP contribution is -2.52. The normalized spacial score (nSPS) is 20.0. The van der Waals surface area contributed by atoms with E-state index in [2.05, 4.69) is 0 Å². The van der Waals surface area contributed by atoms with Crippen LogP contribution < -0.4 is 9.47 Å². The molecule has 1 saturated heterocycles. The fraction of sp³-hybridized carbons (Fsp3) is 0.480. The fourth-order valence-electron chi connectivity index (χ4n) is 4.18. The molecule has 1 N–H and O–H groups in total. The third-order valence-electron chi connectivity index (χ3n) is 5.81. The Bertz CT molecular complexity index is 913. The first-order valence-electron chi connectivity index (χ1n) is 10.9. The van der Waals surface area contributed by atoms with E-state index in [9.17, 15) is 9.90 Å². The Balaban J connectivity index is 1.42. The number of aliphatic hydroxyl groups excluding tert-OH is 1. The van der Waals surface area contributed by atoms with Gasteiger partial charge in [0.1, 0.15) is 29.3 Å². The monoisotopic (exact) mass is 425 g/mol. The molecule has 1 spiro atoms. The van der Waals surface area contributed by atoms with E-state index < -0.39 is 17.3 Å². The number of hydrogen-bond acceptors (Lipinski definition) is 5. The van der Waals surface area contributed by atoms with Gasteiger partial charge in [-0.05, 0) is 38.5 Å². The van der Waals surface area contributed by atoms with Gasteiger partial charge in [0, 0.05) is 44.0 Å². The minimum Gasteiger partial charge on any atom is -0.489 e. The first-order chi connectivity index (χ1) is 14.7. The van der Waals surface area contributed by atoms with Crippen LogP contribution in [0.15, 0.2) is 48.5 Å². The number of nitrogens with zero attached hydrogens (tertiary/aromatic N) is 1. The third kappa shape index (κ3) is 5.13. The predicted molar refractivity (Wildman–Crippen MR) is 117 cm³/mol. The number of amides is 1. The summed E-state index contributed by atoms with van der Waals surface area (Å²) in [5, 5.41) is 10.8. The van der Waals surface area contributed by atoms with E-state index in [4.69, 9.17) is 14.2 Å². The third-order valence-corrected chi connectivity index (χ3v) is 5.81. The van der Waals surface area contributed by atoms with E-state index in [0.717, 1.165) is 11.1 Å². The summed E-state index contributed by atoms with van der Waals surface area (Å²) in [5.41, 5.74) is 0.876. The maximum atomic E-state index is 12.4. The first kappa shape index (κ1) is 21.5. The van der Waals surface area contributed by atoms with Crippen LogP contribution in [-0.2, 0) is 11.3 Å². The summed E-state index contributed by atoms with van der Waals surface area (Å²) >= 11 is 0. The van der Waals surface area contributed by atoms with Crippen LogP contribution in [0.4, 0.5) is 4.79 Å².